The minimum atomic E-state index is -0.00694. The Morgan fingerprint density at radius 3 is 2.38 bits per heavy atom. The number of benzene rings is 1. The second kappa shape index (κ2) is 8.44. The van der Waals surface area contributed by atoms with Gasteiger partial charge < -0.3 is 19.8 Å². The van der Waals surface area contributed by atoms with E-state index in [9.17, 15) is 10.2 Å². The lowest BCUT2D eigenvalue weighted by Crippen LogP contribution is -2.30. The summed E-state index contributed by atoms with van der Waals surface area (Å²) in [4.78, 5) is 12.8. The highest BCUT2D eigenvalue weighted by Gasteiger charge is 2.20. The maximum atomic E-state index is 9.39. The first-order valence-corrected chi connectivity index (χ1v) is 9.45. The van der Waals surface area contributed by atoms with Crippen LogP contribution in [0, 0.1) is 6.92 Å². The number of rotatable bonds is 8. The van der Waals surface area contributed by atoms with Crippen LogP contribution in [0.1, 0.15) is 11.8 Å². The molecule has 26 heavy (non-hydrogen) atoms. The van der Waals surface area contributed by atoms with Crippen molar-refractivity contribution in [3.05, 3.63) is 35.5 Å². The fraction of sp³-hybridized carbons (Fsp3) is 0.368. The van der Waals surface area contributed by atoms with Crippen molar-refractivity contribution in [1.82, 2.24) is 9.97 Å². The van der Waals surface area contributed by atoms with Crippen molar-refractivity contribution in [3.63, 3.8) is 0 Å². The van der Waals surface area contributed by atoms with E-state index < -0.39 is 0 Å². The summed E-state index contributed by atoms with van der Waals surface area (Å²) in [7, 11) is 0. The Balaban J connectivity index is 2.14. The molecule has 2 N–H and O–H groups in total. The Bertz CT molecular complexity index is 858. The molecule has 0 saturated carbocycles. The van der Waals surface area contributed by atoms with Gasteiger partial charge in [0.15, 0.2) is 0 Å². The fourth-order valence-corrected chi connectivity index (χ4v) is 4.07. The van der Waals surface area contributed by atoms with Gasteiger partial charge in [0.25, 0.3) is 0 Å². The third kappa shape index (κ3) is 3.65. The van der Waals surface area contributed by atoms with Gasteiger partial charge in [-0.15, -0.1) is 11.3 Å². The van der Waals surface area contributed by atoms with Crippen LogP contribution in [-0.2, 0) is 0 Å². The standard InChI is InChI=1S/C19H23N3O3S/c1-3-25-15-6-4-14(5-7-15)16-13(2)26-19-17(16)18(20-12-21-19)22(8-10-23)9-11-24/h4-7,12,23-24H,3,8-11H2,1-2H3. The molecule has 3 aromatic rings. The molecule has 2 heterocycles. The second-order valence-corrected chi connectivity index (χ2v) is 7.01. The lowest BCUT2D eigenvalue weighted by Gasteiger charge is -2.22. The van der Waals surface area contributed by atoms with Crippen LogP contribution in [0.5, 0.6) is 5.75 Å². The van der Waals surface area contributed by atoms with Crippen LogP contribution in [0.2, 0.25) is 0 Å². The number of thiophene rings is 1. The summed E-state index contributed by atoms with van der Waals surface area (Å²) in [6.45, 7) is 5.47. The number of aromatic nitrogens is 2. The molecule has 0 atom stereocenters. The largest absolute Gasteiger partial charge is 0.494 e. The van der Waals surface area contributed by atoms with E-state index >= 15 is 0 Å². The minimum Gasteiger partial charge on any atom is -0.494 e. The fourth-order valence-electron chi connectivity index (χ4n) is 3.07. The van der Waals surface area contributed by atoms with Crippen LogP contribution in [0.3, 0.4) is 0 Å². The van der Waals surface area contributed by atoms with E-state index in [-0.39, 0.29) is 13.2 Å². The van der Waals surface area contributed by atoms with Crippen molar-refractivity contribution >= 4 is 27.4 Å². The summed E-state index contributed by atoms with van der Waals surface area (Å²) >= 11 is 1.62. The summed E-state index contributed by atoms with van der Waals surface area (Å²) in [6, 6.07) is 8.01. The van der Waals surface area contributed by atoms with Crippen LogP contribution >= 0.6 is 11.3 Å². The molecule has 0 fully saturated rings. The first-order valence-electron chi connectivity index (χ1n) is 8.63. The number of fused-ring (bicyclic) bond motifs is 1. The van der Waals surface area contributed by atoms with E-state index in [0.717, 1.165) is 37.8 Å². The quantitative estimate of drug-likeness (QED) is 0.632. The molecule has 2 aromatic heterocycles. The third-order valence-corrected chi connectivity index (χ3v) is 5.15. The van der Waals surface area contributed by atoms with Gasteiger partial charge >= 0.3 is 0 Å². The highest BCUT2D eigenvalue weighted by molar-refractivity contribution is 7.19. The van der Waals surface area contributed by atoms with E-state index in [1.165, 1.54) is 6.33 Å². The molecule has 3 rings (SSSR count). The van der Waals surface area contributed by atoms with Crippen molar-refractivity contribution in [1.29, 1.82) is 0 Å². The van der Waals surface area contributed by atoms with Crippen LogP contribution in [0.25, 0.3) is 21.3 Å². The average molecular weight is 373 g/mol. The van der Waals surface area contributed by atoms with E-state index in [0.29, 0.717) is 19.7 Å². The van der Waals surface area contributed by atoms with Crippen molar-refractivity contribution in [2.45, 2.75) is 13.8 Å². The van der Waals surface area contributed by atoms with Crippen molar-refractivity contribution < 1.29 is 14.9 Å². The number of nitrogens with zero attached hydrogens (tertiary/aromatic N) is 3. The highest BCUT2D eigenvalue weighted by Crippen LogP contribution is 2.41. The molecule has 0 unspecified atom stereocenters. The minimum absolute atomic E-state index is 0.00694. The van der Waals surface area contributed by atoms with Gasteiger partial charge in [0.05, 0.1) is 25.2 Å². The van der Waals surface area contributed by atoms with Crippen LogP contribution in [0.4, 0.5) is 5.82 Å². The number of hydrogen-bond acceptors (Lipinski definition) is 7. The number of aliphatic hydroxyl groups is 2. The maximum absolute atomic E-state index is 9.39. The van der Waals surface area contributed by atoms with E-state index in [1.807, 2.05) is 36.1 Å². The molecular formula is C19H23N3O3S. The molecule has 0 aliphatic heterocycles. The summed E-state index contributed by atoms with van der Waals surface area (Å²) in [5.74, 6) is 1.58. The first-order chi connectivity index (χ1) is 12.7. The van der Waals surface area contributed by atoms with Gasteiger partial charge in [0.2, 0.25) is 0 Å². The summed E-state index contributed by atoms with van der Waals surface area (Å²) in [6.07, 6.45) is 1.54. The van der Waals surface area contributed by atoms with Crippen molar-refractivity contribution in [3.8, 4) is 16.9 Å². The molecule has 0 amide bonds. The Morgan fingerprint density at radius 1 is 1.08 bits per heavy atom. The Hall–Kier alpha value is -2.22. The molecule has 138 valence electrons. The molecular weight excluding hydrogens is 350 g/mol. The predicted octanol–water partition coefficient (Wildman–Crippen LogP) is 2.86. The van der Waals surface area contributed by atoms with Gasteiger partial charge in [0, 0.05) is 23.5 Å². The first kappa shape index (κ1) is 18.6. The number of hydrogen-bond donors (Lipinski definition) is 2. The van der Waals surface area contributed by atoms with Gasteiger partial charge in [-0.2, -0.15) is 0 Å². The maximum Gasteiger partial charge on any atom is 0.141 e. The van der Waals surface area contributed by atoms with Crippen molar-refractivity contribution in [2.75, 3.05) is 37.8 Å². The van der Waals surface area contributed by atoms with E-state index in [4.69, 9.17) is 4.74 Å². The Kier molecular flexibility index (Phi) is 6.03. The molecule has 0 saturated heterocycles. The zero-order valence-corrected chi connectivity index (χ0v) is 15.8. The van der Waals surface area contributed by atoms with E-state index in [1.54, 1.807) is 11.3 Å². The zero-order chi connectivity index (χ0) is 18.5. The number of ether oxygens (including phenoxy) is 1. The molecule has 0 aliphatic rings. The molecule has 7 heteroatoms. The normalized spacial score (nSPS) is 11.1. The van der Waals surface area contributed by atoms with Crippen LogP contribution in [-0.4, -0.2) is 53.1 Å². The van der Waals surface area contributed by atoms with Gasteiger partial charge in [-0.05, 0) is 31.5 Å². The topological polar surface area (TPSA) is 78.7 Å². The average Bonchev–Trinajstić information content (AvgIpc) is 2.98. The number of aryl methyl sites for hydroxylation is 1. The molecule has 6 nitrogen and oxygen atoms in total. The van der Waals surface area contributed by atoms with Gasteiger partial charge in [-0.1, -0.05) is 12.1 Å². The SMILES string of the molecule is CCOc1ccc(-c2c(C)sc3ncnc(N(CCO)CCO)c23)cc1. The summed E-state index contributed by atoms with van der Waals surface area (Å²) < 4.78 is 5.54. The molecule has 0 aliphatic carbocycles. The predicted molar refractivity (Wildman–Crippen MR) is 105 cm³/mol. The molecule has 0 spiro atoms. The lowest BCUT2D eigenvalue weighted by atomic mass is 10.0. The smallest absolute Gasteiger partial charge is 0.141 e. The molecule has 0 radical (unpaired) electrons. The highest BCUT2D eigenvalue weighted by atomic mass is 32.1. The monoisotopic (exact) mass is 373 g/mol. The number of anilines is 1. The molecule has 1 aromatic carbocycles. The Morgan fingerprint density at radius 2 is 1.77 bits per heavy atom. The van der Waals surface area contributed by atoms with Crippen LogP contribution in [0.15, 0.2) is 30.6 Å². The Labute approximate surface area is 156 Å². The van der Waals surface area contributed by atoms with Gasteiger partial charge in [-0.25, -0.2) is 9.97 Å². The molecule has 0 bridgehead atoms. The summed E-state index contributed by atoms with van der Waals surface area (Å²) in [5.41, 5.74) is 2.16. The van der Waals surface area contributed by atoms with Gasteiger partial charge in [-0.3, -0.25) is 0 Å². The number of aliphatic hydroxyl groups excluding tert-OH is 2. The van der Waals surface area contributed by atoms with Crippen LogP contribution < -0.4 is 9.64 Å². The van der Waals surface area contributed by atoms with Crippen molar-refractivity contribution in [2.24, 2.45) is 0 Å². The second-order valence-electron chi connectivity index (χ2n) is 5.80. The van der Waals surface area contributed by atoms with Gasteiger partial charge in [0.1, 0.15) is 22.7 Å². The van der Waals surface area contributed by atoms with E-state index in [2.05, 4.69) is 16.9 Å². The zero-order valence-electron chi connectivity index (χ0n) is 15.0. The lowest BCUT2D eigenvalue weighted by molar-refractivity contribution is 0.281. The summed E-state index contributed by atoms with van der Waals surface area (Å²) in [5, 5.41) is 19.7. The third-order valence-electron chi connectivity index (χ3n) is 4.14.